The highest BCUT2D eigenvalue weighted by molar-refractivity contribution is 7.89. The third-order valence-electron chi connectivity index (χ3n) is 1.50. The smallest absolute Gasteiger partial charge is 0.248 e. The van der Waals surface area contributed by atoms with Gasteiger partial charge in [0.15, 0.2) is 0 Å². The summed E-state index contributed by atoms with van der Waals surface area (Å²) < 4.78 is 21.7. The van der Waals surface area contributed by atoms with Gasteiger partial charge in [0.2, 0.25) is 15.9 Å². The standard InChI is InChI=1S/C7H8N2O4S/c8-7(11)4-1-5(10)3-6(2-4)14(9,12)13/h1-3,10H,(H2,8,11)(H2,9,12,13). The molecule has 0 spiro atoms. The number of carbonyl (C=O) groups excluding carboxylic acids is 1. The van der Waals surface area contributed by atoms with Gasteiger partial charge >= 0.3 is 0 Å². The van der Waals surface area contributed by atoms with Gasteiger partial charge in [-0.15, -0.1) is 0 Å². The van der Waals surface area contributed by atoms with E-state index in [1.54, 1.807) is 0 Å². The lowest BCUT2D eigenvalue weighted by molar-refractivity contribution is 0.0999. The number of aromatic hydroxyl groups is 1. The van der Waals surface area contributed by atoms with Crippen molar-refractivity contribution in [2.75, 3.05) is 0 Å². The number of rotatable bonds is 2. The van der Waals surface area contributed by atoms with Crippen LogP contribution in [0.1, 0.15) is 10.4 Å². The molecule has 1 rings (SSSR count). The van der Waals surface area contributed by atoms with Gasteiger partial charge in [-0.25, -0.2) is 13.6 Å². The highest BCUT2D eigenvalue weighted by atomic mass is 32.2. The average molecular weight is 216 g/mol. The minimum atomic E-state index is -3.95. The summed E-state index contributed by atoms with van der Waals surface area (Å²) in [6.07, 6.45) is 0. The number of hydrogen-bond acceptors (Lipinski definition) is 4. The summed E-state index contributed by atoms with van der Waals surface area (Å²) >= 11 is 0. The van der Waals surface area contributed by atoms with Crippen molar-refractivity contribution in [2.24, 2.45) is 10.9 Å². The van der Waals surface area contributed by atoms with Crippen LogP contribution < -0.4 is 10.9 Å². The minimum Gasteiger partial charge on any atom is -0.508 e. The molecule has 0 saturated heterocycles. The number of hydrogen-bond donors (Lipinski definition) is 3. The summed E-state index contributed by atoms with van der Waals surface area (Å²) in [5.74, 6) is -1.23. The van der Waals surface area contributed by atoms with Crippen LogP contribution in [-0.2, 0) is 10.0 Å². The lowest BCUT2D eigenvalue weighted by Crippen LogP contribution is -2.15. The van der Waals surface area contributed by atoms with E-state index in [0.717, 1.165) is 18.2 Å². The average Bonchev–Trinajstić information content (AvgIpc) is 2.01. The van der Waals surface area contributed by atoms with Crippen LogP contribution in [0.4, 0.5) is 0 Å². The summed E-state index contributed by atoms with van der Waals surface area (Å²) in [6, 6.07) is 2.98. The van der Waals surface area contributed by atoms with E-state index in [-0.39, 0.29) is 16.2 Å². The van der Waals surface area contributed by atoms with Crippen LogP contribution in [0.25, 0.3) is 0 Å². The van der Waals surface area contributed by atoms with Gasteiger partial charge in [-0.3, -0.25) is 4.79 Å². The van der Waals surface area contributed by atoms with Crippen LogP contribution in [0.3, 0.4) is 0 Å². The number of nitrogens with two attached hydrogens (primary N) is 2. The second kappa shape index (κ2) is 3.28. The summed E-state index contributed by atoms with van der Waals surface area (Å²) in [6.45, 7) is 0. The zero-order valence-electron chi connectivity index (χ0n) is 6.97. The van der Waals surface area contributed by atoms with E-state index < -0.39 is 15.9 Å². The van der Waals surface area contributed by atoms with Gasteiger partial charge in [0.25, 0.3) is 0 Å². The van der Waals surface area contributed by atoms with E-state index in [1.165, 1.54) is 0 Å². The van der Waals surface area contributed by atoms with Gasteiger partial charge in [0.1, 0.15) is 5.75 Å². The van der Waals surface area contributed by atoms with Gasteiger partial charge < -0.3 is 10.8 Å². The molecule has 0 aliphatic heterocycles. The number of primary sulfonamides is 1. The quantitative estimate of drug-likeness (QED) is 0.594. The van der Waals surface area contributed by atoms with Crippen molar-refractivity contribution in [1.29, 1.82) is 0 Å². The molecule has 5 N–H and O–H groups in total. The molecule has 0 aliphatic rings. The maximum absolute atomic E-state index is 10.9. The van der Waals surface area contributed by atoms with Gasteiger partial charge in [-0.2, -0.15) is 0 Å². The molecule has 0 saturated carbocycles. The fraction of sp³-hybridized carbons (Fsp3) is 0. The first-order valence-corrected chi connectivity index (χ1v) is 5.02. The molecule has 0 aromatic heterocycles. The Morgan fingerprint density at radius 3 is 2.29 bits per heavy atom. The van der Waals surface area contributed by atoms with Crippen LogP contribution in [0.15, 0.2) is 23.1 Å². The van der Waals surface area contributed by atoms with E-state index in [9.17, 15) is 13.2 Å². The molecule has 6 nitrogen and oxygen atoms in total. The van der Waals surface area contributed by atoms with Crippen molar-refractivity contribution in [1.82, 2.24) is 0 Å². The fourth-order valence-electron chi connectivity index (χ4n) is 0.890. The monoisotopic (exact) mass is 216 g/mol. The number of benzene rings is 1. The van der Waals surface area contributed by atoms with Crippen LogP contribution >= 0.6 is 0 Å². The Hall–Kier alpha value is -1.60. The Kier molecular flexibility index (Phi) is 2.45. The molecule has 1 aromatic rings. The van der Waals surface area contributed by atoms with Crippen LogP contribution in [0.2, 0.25) is 0 Å². The number of phenols is 1. The molecule has 14 heavy (non-hydrogen) atoms. The number of amides is 1. The number of carbonyl (C=O) groups is 1. The van der Waals surface area contributed by atoms with Crippen molar-refractivity contribution >= 4 is 15.9 Å². The predicted molar refractivity (Wildman–Crippen MR) is 48.0 cm³/mol. The molecule has 0 fully saturated rings. The van der Waals surface area contributed by atoms with Crippen molar-refractivity contribution in [3.63, 3.8) is 0 Å². The topological polar surface area (TPSA) is 123 Å². The molecule has 0 atom stereocenters. The Bertz CT molecular complexity index is 480. The molecule has 76 valence electrons. The maximum atomic E-state index is 10.9. The molecular weight excluding hydrogens is 208 g/mol. The third-order valence-corrected chi connectivity index (χ3v) is 2.40. The van der Waals surface area contributed by atoms with Gasteiger partial charge in [-0.1, -0.05) is 0 Å². The molecule has 1 aromatic carbocycles. The third kappa shape index (κ3) is 2.21. The largest absolute Gasteiger partial charge is 0.508 e. The number of primary amides is 1. The summed E-state index contributed by atoms with van der Waals surface area (Å²) in [5.41, 5.74) is 4.79. The van der Waals surface area contributed by atoms with Crippen molar-refractivity contribution < 1.29 is 18.3 Å². The molecule has 0 heterocycles. The summed E-state index contributed by atoms with van der Waals surface area (Å²) in [5, 5.41) is 13.9. The van der Waals surface area contributed by atoms with E-state index >= 15 is 0 Å². The number of sulfonamides is 1. The molecular formula is C7H8N2O4S. The first-order chi connectivity index (χ1) is 6.30. The Morgan fingerprint density at radius 2 is 1.86 bits per heavy atom. The second-order valence-corrected chi connectivity index (χ2v) is 4.19. The lowest BCUT2D eigenvalue weighted by Gasteiger charge is -2.01. The van der Waals surface area contributed by atoms with E-state index in [2.05, 4.69) is 0 Å². The predicted octanol–water partition coefficient (Wildman–Crippen LogP) is -0.861. The van der Waals surface area contributed by atoms with E-state index in [4.69, 9.17) is 16.0 Å². The van der Waals surface area contributed by atoms with E-state index in [1.807, 2.05) is 0 Å². The normalized spacial score (nSPS) is 11.2. The van der Waals surface area contributed by atoms with Crippen LogP contribution in [-0.4, -0.2) is 19.4 Å². The maximum Gasteiger partial charge on any atom is 0.248 e. The van der Waals surface area contributed by atoms with Crippen LogP contribution in [0, 0.1) is 0 Å². The van der Waals surface area contributed by atoms with E-state index in [0.29, 0.717) is 0 Å². The highest BCUT2D eigenvalue weighted by Gasteiger charge is 2.12. The lowest BCUT2D eigenvalue weighted by atomic mass is 10.2. The van der Waals surface area contributed by atoms with Crippen molar-refractivity contribution in [3.05, 3.63) is 23.8 Å². The second-order valence-electron chi connectivity index (χ2n) is 2.62. The highest BCUT2D eigenvalue weighted by Crippen LogP contribution is 2.18. The van der Waals surface area contributed by atoms with Gasteiger partial charge in [0, 0.05) is 5.56 Å². The number of phenolic OH excluding ortho intramolecular Hbond substituents is 1. The molecule has 0 bridgehead atoms. The fourth-order valence-corrected chi connectivity index (χ4v) is 1.47. The SMILES string of the molecule is NC(=O)c1cc(O)cc(S(N)(=O)=O)c1. The molecule has 0 aliphatic carbocycles. The molecule has 1 amide bonds. The van der Waals surface area contributed by atoms with Crippen molar-refractivity contribution in [2.45, 2.75) is 4.90 Å². The molecule has 0 radical (unpaired) electrons. The molecule has 7 heteroatoms. The summed E-state index contributed by atoms with van der Waals surface area (Å²) in [4.78, 5) is 10.4. The Labute approximate surface area is 80.2 Å². The first-order valence-electron chi connectivity index (χ1n) is 3.47. The minimum absolute atomic E-state index is 0.117. The zero-order valence-corrected chi connectivity index (χ0v) is 7.78. The van der Waals surface area contributed by atoms with Gasteiger partial charge in [0.05, 0.1) is 4.90 Å². The zero-order chi connectivity index (χ0) is 10.9. The van der Waals surface area contributed by atoms with Gasteiger partial charge in [-0.05, 0) is 18.2 Å². The Morgan fingerprint density at radius 1 is 1.29 bits per heavy atom. The molecule has 0 unspecified atom stereocenters. The summed E-state index contributed by atoms with van der Waals surface area (Å²) in [7, 11) is -3.95. The van der Waals surface area contributed by atoms with Crippen LogP contribution in [0.5, 0.6) is 5.75 Å². The van der Waals surface area contributed by atoms with Crippen molar-refractivity contribution in [3.8, 4) is 5.75 Å². The Balaban J connectivity index is 3.43. The first kappa shape index (κ1) is 10.5.